The number of alkyl halides is 10. The van der Waals surface area contributed by atoms with E-state index in [1.54, 1.807) is 0 Å². The third-order valence-corrected chi connectivity index (χ3v) is 6.60. The molecule has 0 aromatic rings. The van der Waals surface area contributed by atoms with E-state index < -0.39 is 77.6 Å². The first kappa shape index (κ1) is 27.4. The average Bonchev–Trinajstić information content (AvgIpc) is 2.53. The van der Waals surface area contributed by atoms with Gasteiger partial charge in [-0.1, -0.05) is 0 Å². The summed E-state index contributed by atoms with van der Waals surface area (Å²) < 4.78 is 149. The fourth-order valence-electron chi connectivity index (χ4n) is 2.23. The van der Waals surface area contributed by atoms with Crippen LogP contribution in [0.15, 0.2) is 0 Å². The molecule has 14 heteroatoms. The predicted molar refractivity (Wildman–Crippen MR) is 80.3 cm³/mol. The minimum Gasteiger partial charge on any atom is -0.370 e. The Bertz CT molecular complexity index is 456. The van der Waals surface area contributed by atoms with Crippen LogP contribution in [-0.2, 0) is 13.3 Å². The molecule has 0 aliphatic carbocycles. The second kappa shape index (κ2) is 9.94. The molecule has 0 N–H and O–H groups in total. The molecule has 0 bridgehead atoms. The molecule has 28 heavy (non-hydrogen) atoms. The third-order valence-electron chi connectivity index (χ3n) is 3.51. The van der Waals surface area contributed by atoms with Crippen LogP contribution in [0, 0.1) is 0 Å². The molecule has 0 aliphatic heterocycles. The summed E-state index contributed by atoms with van der Waals surface area (Å²) in [4.78, 5) is 0. The topological polar surface area (TPSA) is 27.7 Å². The van der Waals surface area contributed by atoms with Gasteiger partial charge in [-0.15, -0.1) is 0 Å². The molecule has 0 amide bonds. The molecule has 1 unspecified atom stereocenters. The van der Waals surface area contributed by atoms with Crippen molar-refractivity contribution in [1.29, 1.82) is 0 Å². The Hall–Kier alpha value is -0.603. The van der Waals surface area contributed by atoms with Crippen LogP contribution in [0.2, 0.25) is 0 Å². The van der Waals surface area contributed by atoms with Gasteiger partial charge in [0.05, 0.1) is 0 Å². The molecule has 0 heterocycles. The summed E-state index contributed by atoms with van der Waals surface area (Å²) >= 11 is 0. The SMILES string of the molecule is CCO[Si](OCC)(OCC)C(F)(F)C(F)(F)C(F)(F)C(F)CCCC(F)(F)F. The summed E-state index contributed by atoms with van der Waals surface area (Å²) in [5.74, 6) is -12.4. The zero-order chi connectivity index (χ0) is 22.4. The van der Waals surface area contributed by atoms with Gasteiger partial charge >= 0.3 is 32.4 Å². The van der Waals surface area contributed by atoms with E-state index in [0.29, 0.717) is 0 Å². The van der Waals surface area contributed by atoms with Crippen LogP contribution >= 0.6 is 0 Å². The molecule has 170 valence electrons. The summed E-state index contributed by atoms with van der Waals surface area (Å²) in [6.07, 6.45) is -13.5. The second-order valence-corrected chi connectivity index (χ2v) is 8.21. The van der Waals surface area contributed by atoms with E-state index in [0.717, 1.165) is 20.8 Å². The lowest BCUT2D eigenvalue weighted by atomic mass is 10.0. The highest BCUT2D eigenvalue weighted by atomic mass is 28.4. The van der Waals surface area contributed by atoms with E-state index in [1.165, 1.54) is 0 Å². The second-order valence-electron chi connectivity index (χ2n) is 5.60. The van der Waals surface area contributed by atoms with Gasteiger partial charge in [0.1, 0.15) is 0 Å². The first-order valence-corrected chi connectivity index (χ1v) is 10.0. The van der Waals surface area contributed by atoms with Crippen molar-refractivity contribution >= 4 is 8.80 Å². The zero-order valence-electron chi connectivity index (χ0n) is 15.3. The van der Waals surface area contributed by atoms with Crippen molar-refractivity contribution in [3.63, 3.8) is 0 Å². The fraction of sp³-hybridized carbons (Fsp3) is 1.00. The van der Waals surface area contributed by atoms with Crippen molar-refractivity contribution in [3.8, 4) is 0 Å². The van der Waals surface area contributed by atoms with E-state index in [2.05, 4.69) is 13.3 Å². The van der Waals surface area contributed by atoms with E-state index in [-0.39, 0.29) is 0 Å². The van der Waals surface area contributed by atoms with Crippen molar-refractivity contribution in [2.24, 2.45) is 0 Å². The van der Waals surface area contributed by atoms with E-state index in [1.807, 2.05) is 0 Å². The Balaban J connectivity index is 5.84. The molecular formula is C14H22F10O3Si. The molecule has 0 aromatic carbocycles. The van der Waals surface area contributed by atoms with Crippen molar-refractivity contribution < 1.29 is 57.2 Å². The summed E-state index contributed by atoms with van der Waals surface area (Å²) in [7, 11) is -5.79. The number of halogens is 10. The normalized spacial score (nSPS) is 15.8. The average molecular weight is 456 g/mol. The smallest absolute Gasteiger partial charge is 0.370 e. The van der Waals surface area contributed by atoms with Crippen LogP contribution in [0.3, 0.4) is 0 Å². The Morgan fingerprint density at radius 3 is 1.46 bits per heavy atom. The summed E-state index contributed by atoms with van der Waals surface area (Å²) in [6.45, 7) is 1.32. The summed E-state index contributed by atoms with van der Waals surface area (Å²) in [5, 5.41) is 0. The maximum Gasteiger partial charge on any atom is 0.582 e. The van der Waals surface area contributed by atoms with Crippen LogP contribution in [0.4, 0.5) is 43.9 Å². The maximum atomic E-state index is 14.6. The van der Waals surface area contributed by atoms with Crippen LogP contribution in [0.1, 0.15) is 40.0 Å². The largest absolute Gasteiger partial charge is 0.582 e. The highest BCUT2D eigenvalue weighted by Crippen LogP contribution is 2.53. The van der Waals surface area contributed by atoms with Gasteiger partial charge < -0.3 is 13.3 Å². The minimum absolute atomic E-state index is 0.659. The third kappa shape index (κ3) is 5.72. The van der Waals surface area contributed by atoms with Gasteiger partial charge in [-0.05, 0) is 33.6 Å². The van der Waals surface area contributed by atoms with Gasteiger partial charge in [-0.25, -0.2) is 4.39 Å². The summed E-state index contributed by atoms with van der Waals surface area (Å²) in [5.41, 5.74) is -5.76. The van der Waals surface area contributed by atoms with Gasteiger partial charge in [0, 0.05) is 26.2 Å². The van der Waals surface area contributed by atoms with E-state index >= 15 is 0 Å². The van der Waals surface area contributed by atoms with Crippen LogP contribution < -0.4 is 0 Å². The van der Waals surface area contributed by atoms with Gasteiger partial charge in [-0.3, -0.25) is 0 Å². The molecular weight excluding hydrogens is 434 g/mol. The van der Waals surface area contributed by atoms with E-state index in [4.69, 9.17) is 0 Å². The highest BCUT2D eigenvalue weighted by molar-refractivity contribution is 6.63. The van der Waals surface area contributed by atoms with Crippen molar-refractivity contribution in [1.82, 2.24) is 0 Å². The standard InChI is InChI=1S/C14H22F10O3Si/c1-4-25-28(26-5-2,27-6-3)14(23,24)13(21,22)12(19,20)10(15)8-7-9-11(16,17)18/h10H,4-9H2,1-3H3. The first-order valence-electron chi connectivity index (χ1n) is 8.32. The van der Waals surface area contributed by atoms with Gasteiger partial charge in [0.25, 0.3) is 0 Å². The molecule has 0 aromatic heterocycles. The number of hydrogen-bond acceptors (Lipinski definition) is 3. The summed E-state index contributed by atoms with van der Waals surface area (Å²) in [6, 6.07) is 0. The molecule has 0 saturated heterocycles. The van der Waals surface area contributed by atoms with Gasteiger partial charge in [0.2, 0.25) is 0 Å². The molecule has 1 atom stereocenters. The molecule has 0 radical (unpaired) electrons. The quantitative estimate of drug-likeness (QED) is 0.269. The highest BCUT2D eigenvalue weighted by Gasteiger charge is 2.85. The monoisotopic (exact) mass is 456 g/mol. The van der Waals surface area contributed by atoms with Crippen LogP contribution in [0.25, 0.3) is 0 Å². The lowest BCUT2D eigenvalue weighted by Crippen LogP contribution is -2.73. The lowest BCUT2D eigenvalue weighted by Gasteiger charge is -2.41. The van der Waals surface area contributed by atoms with Gasteiger partial charge in [0.15, 0.2) is 6.17 Å². The Kier molecular flexibility index (Phi) is 9.72. The molecule has 0 spiro atoms. The minimum atomic E-state index is -6.36. The van der Waals surface area contributed by atoms with E-state index in [9.17, 15) is 43.9 Å². The predicted octanol–water partition coefficient (Wildman–Crippen LogP) is 5.55. The Morgan fingerprint density at radius 2 is 1.14 bits per heavy atom. The van der Waals surface area contributed by atoms with Crippen molar-refractivity contribution in [3.05, 3.63) is 0 Å². The molecule has 0 fully saturated rings. The van der Waals surface area contributed by atoms with Crippen LogP contribution in [-0.4, -0.2) is 58.4 Å². The maximum absolute atomic E-state index is 14.6. The van der Waals surface area contributed by atoms with Crippen molar-refractivity contribution in [2.45, 2.75) is 69.8 Å². The molecule has 0 saturated carbocycles. The Labute approximate surface area is 156 Å². The zero-order valence-corrected chi connectivity index (χ0v) is 16.3. The number of rotatable bonds is 13. The number of hydrogen-bond donors (Lipinski definition) is 0. The van der Waals surface area contributed by atoms with Crippen LogP contribution in [0.5, 0.6) is 0 Å². The Morgan fingerprint density at radius 1 is 0.750 bits per heavy atom. The first-order chi connectivity index (χ1) is 12.6. The molecule has 0 rings (SSSR count). The fourth-order valence-corrected chi connectivity index (χ4v) is 4.71. The van der Waals surface area contributed by atoms with Gasteiger partial charge in [-0.2, -0.15) is 39.5 Å². The lowest BCUT2D eigenvalue weighted by molar-refractivity contribution is -0.315. The molecule has 3 nitrogen and oxygen atoms in total. The van der Waals surface area contributed by atoms with Crippen molar-refractivity contribution in [2.75, 3.05) is 19.8 Å². The molecule has 0 aliphatic rings.